The molecule has 0 rings (SSSR count). The van der Waals surface area contributed by atoms with E-state index in [1.54, 1.807) is 0 Å². The predicted molar refractivity (Wildman–Crippen MR) is 281 cm³/mol. The maximum absolute atomic E-state index is 12.8. The Morgan fingerprint density at radius 1 is 0.433 bits per heavy atom. The van der Waals surface area contributed by atoms with Gasteiger partial charge in [0.1, 0.15) is 13.2 Å². The van der Waals surface area contributed by atoms with Gasteiger partial charge in [0.2, 0.25) is 0 Å². The Hall–Kier alpha value is -1.97. The van der Waals surface area contributed by atoms with Gasteiger partial charge < -0.3 is 28.5 Å². The average Bonchev–Trinajstić information content (AvgIpc) is 3.29. The van der Waals surface area contributed by atoms with Gasteiger partial charge in [-0.15, -0.1) is 0 Å². The van der Waals surface area contributed by atoms with E-state index in [0.717, 1.165) is 51.4 Å². The normalized spacial score (nSPS) is 12.8. The number of esters is 2. The molecule has 1 N–H and O–H groups in total. The largest absolute Gasteiger partial charge is 0.477 e. The third-order valence-electron chi connectivity index (χ3n) is 13.0. The van der Waals surface area contributed by atoms with Crippen molar-refractivity contribution < 1.29 is 42.9 Å². The number of likely N-dealkylation sites (N-methyl/N-ethyl adjacent to an activating group) is 1. The Morgan fingerprint density at radius 2 is 0.761 bits per heavy atom. The van der Waals surface area contributed by atoms with Crippen molar-refractivity contribution in [3.05, 3.63) is 12.2 Å². The molecule has 0 amide bonds. The van der Waals surface area contributed by atoms with Gasteiger partial charge in [-0.25, -0.2) is 4.79 Å². The van der Waals surface area contributed by atoms with Crippen molar-refractivity contribution in [1.82, 2.24) is 0 Å². The highest BCUT2D eigenvalue weighted by atomic mass is 16.7. The molecule has 67 heavy (non-hydrogen) atoms. The molecular formula is C58H112NO8+. The van der Waals surface area contributed by atoms with Crippen molar-refractivity contribution in [3.8, 4) is 0 Å². The summed E-state index contributed by atoms with van der Waals surface area (Å²) in [7, 11) is 5.97. The Morgan fingerprint density at radius 3 is 1.13 bits per heavy atom. The van der Waals surface area contributed by atoms with Gasteiger partial charge in [-0.1, -0.05) is 244 Å². The molecule has 0 heterocycles. The minimum absolute atomic E-state index is 0.179. The van der Waals surface area contributed by atoms with E-state index in [9.17, 15) is 19.5 Å². The summed E-state index contributed by atoms with van der Waals surface area (Å²) in [5, 5.41) is 9.67. The minimum atomic E-state index is -1.51. The number of nitrogens with zero attached hydrogens (tertiary/aromatic N) is 1. The number of unbranched alkanes of at least 4 members (excludes halogenated alkanes) is 37. The van der Waals surface area contributed by atoms with E-state index in [1.807, 2.05) is 21.1 Å². The zero-order chi connectivity index (χ0) is 49.2. The van der Waals surface area contributed by atoms with E-state index in [4.69, 9.17) is 18.9 Å². The van der Waals surface area contributed by atoms with E-state index in [2.05, 4.69) is 26.0 Å². The second kappa shape index (κ2) is 50.4. The molecule has 0 saturated carbocycles. The number of carbonyl (C=O) groups excluding carboxylic acids is 2. The van der Waals surface area contributed by atoms with Gasteiger partial charge in [0.25, 0.3) is 6.29 Å². The molecule has 0 aliphatic rings. The monoisotopic (exact) mass is 951 g/mol. The first kappa shape index (κ1) is 65.0. The SMILES string of the molecule is CCCCC/C=C\CCCCCCCC(=O)OC(COC(=O)CCCCCCCCCCCCCCCCCCCCCCCCCCCCCCCC)COC(OCC[N+](C)(C)C)C(=O)O. The third kappa shape index (κ3) is 51.7. The molecule has 0 aromatic rings. The number of rotatable bonds is 54. The summed E-state index contributed by atoms with van der Waals surface area (Å²) < 4.78 is 22.8. The van der Waals surface area contributed by atoms with Crippen LogP contribution in [0.5, 0.6) is 0 Å². The van der Waals surface area contributed by atoms with Gasteiger partial charge in [0, 0.05) is 12.8 Å². The molecule has 0 aromatic carbocycles. The second-order valence-corrected chi connectivity index (χ2v) is 21.0. The molecule has 0 radical (unpaired) electrons. The first-order valence-electron chi connectivity index (χ1n) is 28.9. The zero-order valence-corrected chi connectivity index (χ0v) is 45.1. The third-order valence-corrected chi connectivity index (χ3v) is 13.0. The molecule has 0 spiro atoms. The predicted octanol–water partition coefficient (Wildman–Crippen LogP) is 16.6. The standard InChI is InChI=1S/C58H111NO8/c1-6-8-10-12-14-16-18-20-21-22-23-24-25-26-27-28-29-30-31-32-33-34-35-36-37-39-40-42-44-46-48-55(60)65-52-54(53-66-58(57(62)63)64-51-50-59(3,4)5)67-56(61)49-47-45-43-41-38-19-17-15-13-11-9-7-2/h15,17,54,58H,6-14,16,18-53H2,1-5H3/p+1/b17-15-. The zero-order valence-electron chi connectivity index (χ0n) is 45.1. The maximum atomic E-state index is 12.8. The van der Waals surface area contributed by atoms with E-state index in [-0.39, 0.29) is 32.2 Å². The second-order valence-electron chi connectivity index (χ2n) is 21.0. The van der Waals surface area contributed by atoms with Crippen LogP contribution >= 0.6 is 0 Å². The van der Waals surface area contributed by atoms with E-state index in [0.29, 0.717) is 23.9 Å². The van der Waals surface area contributed by atoms with Crippen LogP contribution in [0.15, 0.2) is 12.2 Å². The van der Waals surface area contributed by atoms with Crippen LogP contribution in [-0.4, -0.2) is 87.4 Å². The fourth-order valence-corrected chi connectivity index (χ4v) is 8.54. The molecule has 0 aromatic heterocycles. The molecule has 0 bridgehead atoms. The van der Waals surface area contributed by atoms with Gasteiger partial charge in [-0.2, -0.15) is 0 Å². The van der Waals surface area contributed by atoms with Crippen molar-refractivity contribution >= 4 is 17.9 Å². The number of ether oxygens (including phenoxy) is 4. The van der Waals surface area contributed by atoms with E-state index in [1.165, 1.54) is 199 Å². The van der Waals surface area contributed by atoms with Gasteiger partial charge in [-0.05, 0) is 38.5 Å². The molecule has 2 atom stereocenters. The Kier molecular flexibility index (Phi) is 48.9. The highest BCUT2D eigenvalue weighted by Gasteiger charge is 2.25. The average molecular weight is 952 g/mol. The molecule has 2 unspecified atom stereocenters. The van der Waals surface area contributed by atoms with Crippen molar-refractivity contribution in [2.75, 3.05) is 47.5 Å². The fourth-order valence-electron chi connectivity index (χ4n) is 8.54. The summed E-state index contributed by atoms with van der Waals surface area (Å²) in [6.07, 6.45) is 54.6. The molecule has 0 saturated heterocycles. The summed E-state index contributed by atoms with van der Waals surface area (Å²) >= 11 is 0. The fraction of sp³-hybridized carbons (Fsp3) is 0.914. The Labute approximate surface area is 415 Å². The molecule has 0 aliphatic heterocycles. The first-order chi connectivity index (χ1) is 32.6. The van der Waals surface area contributed by atoms with Gasteiger partial charge in [0.15, 0.2) is 6.10 Å². The van der Waals surface area contributed by atoms with Crippen LogP contribution in [0.25, 0.3) is 0 Å². The topological polar surface area (TPSA) is 108 Å². The lowest BCUT2D eigenvalue weighted by molar-refractivity contribution is -0.870. The maximum Gasteiger partial charge on any atom is 0.361 e. The number of carboxylic acids is 1. The summed E-state index contributed by atoms with van der Waals surface area (Å²) in [6.45, 7) is 4.88. The van der Waals surface area contributed by atoms with Crippen LogP contribution < -0.4 is 0 Å². The summed E-state index contributed by atoms with van der Waals surface area (Å²) in [5.74, 6) is -2.00. The van der Waals surface area contributed by atoms with Crippen molar-refractivity contribution in [2.45, 2.75) is 296 Å². The number of carboxylic acid groups (broad SMARTS) is 1. The van der Waals surface area contributed by atoms with Gasteiger partial charge >= 0.3 is 17.9 Å². The van der Waals surface area contributed by atoms with Gasteiger partial charge in [-0.3, -0.25) is 9.59 Å². The number of aliphatic carboxylic acids is 1. The highest BCUT2D eigenvalue weighted by molar-refractivity contribution is 5.71. The highest BCUT2D eigenvalue weighted by Crippen LogP contribution is 2.18. The molecule has 0 fully saturated rings. The van der Waals surface area contributed by atoms with Crippen LogP contribution in [0.3, 0.4) is 0 Å². The number of hydrogen-bond acceptors (Lipinski definition) is 7. The molecule has 0 aliphatic carbocycles. The van der Waals surface area contributed by atoms with Crippen molar-refractivity contribution in [2.24, 2.45) is 0 Å². The first-order valence-corrected chi connectivity index (χ1v) is 28.9. The van der Waals surface area contributed by atoms with Crippen LogP contribution in [0.4, 0.5) is 0 Å². The summed E-state index contributed by atoms with van der Waals surface area (Å²) in [6, 6.07) is 0. The number of hydrogen-bond donors (Lipinski definition) is 1. The van der Waals surface area contributed by atoms with E-state index < -0.39 is 24.3 Å². The number of carbonyl (C=O) groups is 3. The molecule has 396 valence electrons. The quantitative estimate of drug-likeness (QED) is 0.0211. The van der Waals surface area contributed by atoms with Crippen LogP contribution in [-0.2, 0) is 33.3 Å². The van der Waals surface area contributed by atoms with Crippen LogP contribution in [0, 0.1) is 0 Å². The smallest absolute Gasteiger partial charge is 0.361 e. The molecule has 9 heteroatoms. The summed E-state index contributed by atoms with van der Waals surface area (Å²) in [5.41, 5.74) is 0. The summed E-state index contributed by atoms with van der Waals surface area (Å²) in [4.78, 5) is 37.3. The van der Waals surface area contributed by atoms with Crippen LogP contribution in [0.1, 0.15) is 284 Å². The molecule has 9 nitrogen and oxygen atoms in total. The van der Waals surface area contributed by atoms with Crippen molar-refractivity contribution in [1.29, 1.82) is 0 Å². The molecular weight excluding hydrogens is 839 g/mol. The number of quaternary nitrogens is 1. The Balaban J connectivity index is 4.02. The lowest BCUT2D eigenvalue weighted by atomic mass is 10.0. The lowest BCUT2D eigenvalue weighted by Crippen LogP contribution is -2.40. The lowest BCUT2D eigenvalue weighted by Gasteiger charge is -2.25. The Bertz CT molecular complexity index is 1110. The van der Waals surface area contributed by atoms with E-state index >= 15 is 0 Å². The van der Waals surface area contributed by atoms with Crippen LogP contribution in [0.2, 0.25) is 0 Å². The van der Waals surface area contributed by atoms with Gasteiger partial charge in [0.05, 0.1) is 34.4 Å². The van der Waals surface area contributed by atoms with Crippen molar-refractivity contribution in [3.63, 3.8) is 0 Å². The number of allylic oxidation sites excluding steroid dienone is 2. The minimum Gasteiger partial charge on any atom is -0.477 e.